The summed E-state index contributed by atoms with van der Waals surface area (Å²) in [5.74, 6) is -0.213. The summed E-state index contributed by atoms with van der Waals surface area (Å²) >= 11 is 0. The molecule has 1 aromatic rings. The second kappa shape index (κ2) is 4.25. The zero-order valence-corrected chi connectivity index (χ0v) is 10.5. The second-order valence-electron chi connectivity index (χ2n) is 5.16. The Balaban J connectivity index is 3.50. The topological polar surface area (TPSA) is 0 Å². The summed E-state index contributed by atoms with van der Waals surface area (Å²) in [7, 11) is 0. The molecule has 0 unspecified atom stereocenters. The van der Waals surface area contributed by atoms with E-state index in [0.717, 1.165) is 16.7 Å². The maximum Gasteiger partial charge on any atom is 0.131 e. The van der Waals surface area contributed by atoms with Gasteiger partial charge in [-0.1, -0.05) is 46.1 Å². The van der Waals surface area contributed by atoms with Gasteiger partial charge in [0.2, 0.25) is 0 Å². The fraction of sp³-hybridized carbons (Fsp3) is 0.333. The van der Waals surface area contributed by atoms with Gasteiger partial charge in [0, 0.05) is 5.56 Å². The van der Waals surface area contributed by atoms with Crippen LogP contribution in [0.3, 0.4) is 0 Å². The maximum atomic E-state index is 14.0. The molecule has 0 aromatic heterocycles. The quantitative estimate of drug-likeness (QED) is 0.669. The summed E-state index contributed by atoms with van der Waals surface area (Å²) in [5.41, 5.74) is 3.03. The van der Waals surface area contributed by atoms with Crippen LogP contribution in [0.4, 0.5) is 4.39 Å². The Morgan fingerprint density at radius 3 is 2.25 bits per heavy atom. The van der Waals surface area contributed by atoms with Crippen LogP contribution in [-0.4, -0.2) is 0 Å². The van der Waals surface area contributed by atoms with Crippen LogP contribution < -0.4 is 0 Å². The normalized spacial score (nSPS) is 11.3. The lowest BCUT2D eigenvalue weighted by molar-refractivity contribution is 0.570. The van der Waals surface area contributed by atoms with Crippen LogP contribution in [0.5, 0.6) is 0 Å². The molecule has 0 saturated heterocycles. The molecule has 0 heterocycles. The predicted molar refractivity (Wildman–Crippen MR) is 69.9 cm³/mol. The third-order valence-electron chi connectivity index (χ3n) is 2.63. The molecule has 0 aliphatic heterocycles. The number of rotatable bonds is 2. The van der Waals surface area contributed by atoms with Gasteiger partial charge in [-0.05, 0) is 35.1 Å². The Bertz CT molecular complexity index is 433. The molecule has 0 fully saturated rings. The van der Waals surface area contributed by atoms with Crippen molar-refractivity contribution >= 4 is 11.6 Å². The number of allylic oxidation sites excluding steroid dienone is 1. The Morgan fingerprint density at radius 1 is 1.31 bits per heavy atom. The monoisotopic (exact) mass is 218 g/mol. The molecule has 1 heteroatoms. The van der Waals surface area contributed by atoms with Crippen LogP contribution in [0.15, 0.2) is 25.3 Å². The molecule has 0 atom stereocenters. The van der Waals surface area contributed by atoms with Crippen LogP contribution in [0.1, 0.15) is 44.4 Å². The van der Waals surface area contributed by atoms with E-state index in [-0.39, 0.29) is 11.2 Å². The summed E-state index contributed by atoms with van der Waals surface area (Å²) in [4.78, 5) is 0. The van der Waals surface area contributed by atoms with E-state index in [2.05, 4.69) is 33.9 Å². The van der Waals surface area contributed by atoms with E-state index < -0.39 is 0 Å². The van der Waals surface area contributed by atoms with Crippen LogP contribution in [0.25, 0.3) is 11.6 Å². The Kier molecular flexibility index (Phi) is 3.37. The van der Waals surface area contributed by atoms with Gasteiger partial charge in [-0.3, -0.25) is 0 Å². The molecular weight excluding hydrogens is 199 g/mol. The molecule has 0 nitrogen and oxygen atoms in total. The highest BCUT2D eigenvalue weighted by Gasteiger charge is 2.18. The van der Waals surface area contributed by atoms with Gasteiger partial charge in [-0.15, -0.1) is 0 Å². The van der Waals surface area contributed by atoms with E-state index in [9.17, 15) is 4.39 Å². The maximum absolute atomic E-state index is 14.0. The van der Waals surface area contributed by atoms with Crippen molar-refractivity contribution in [3.05, 3.63) is 47.8 Å². The number of halogens is 1. The average molecular weight is 218 g/mol. The number of hydrogen-bond donors (Lipinski definition) is 0. The van der Waals surface area contributed by atoms with Crippen molar-refractivity contribution in [2.24, 2.45) is 0 Å². The summed E-state index contributed by atoms with van der Waals surface area (Å²) in [6, 6.07) is 3.58. The van der Waals surface area contributed by atoms with Crippen LogP contribution in [0.2, 0.25) is 0 Å². The molecule has 0 bridgehead atoms. The molecule has 16 heavy (non-hydrogen) atoms. The van der Waals surface area contributed by atoms with Crippen molar-refractivity contribution in [3.8, 4) is 0 Å². The van der Waals surface area contributed by atoms with Crippen LogP contribution in [-0.2, 0) is 5.41 Å². The molecule has 0 amide bonds. The van der Waals surface area contributed by atoms with Gasteiger partial charge < -0.3 is 0 Å². The smallest absolute Gasteiger partial charge is 0.131 e. The van der Waals surface area contributed by atoms with Crippen molar-refractivity contribution in [1.29, 1.82) is 0 Å². The summed E-state index contributed by atoms with van der Waals surface area (Å²) in [6.45, 7) is 15.5. The summed E-state index contributed by atoms with van der Waals surface area (Å²) in [6.07, 6.45) is 1.68. The highest BCUT2D eigenvalue weighted by atomic mass is 19.1. The Hall–Kier alpha value is -1.37. The summed E-state index contributed by atoms with van der Waals surface area (Å²) in [5, 5.41) is 0. The van der Waals surface area contributed by atoms with Crippen molar-refractivity contribution in [2.75, 3.05) is 0 Å². The van der Waals surface area contributed by atoms with Gasteiger partial charge in [-0.25, -0.2) is 4.39 Å². The van der Waals surface area contributed by atoms with E-state index in [4.69, 9.17) is 0 Å². The first kappa shape index (κ1) is 12.7. The molecule has 0 radical (unpaired) electrons. The molecule has 0 N–H and O–H groups in total. The Labute approximate surface area is 97.5 Å². The minimum Gasteiger partial charge on any atom is -0.206 e. The van der Waals surface area contributed by atoms with Crippen molar-refractivity contribution in [2.45, 2.75) is 33.1 Å². The van der Waals surface area contributed by atoms with E-state index >= 15 is 0 Å². The van der Waals surface area contributed by atoms with Crippen molar-refractivity contribution < 1.29 is 4.39 Å². The fourth-order valence-corrected chi connectivity index (χ4v) is 1.67. The zero-order valence-electron chi connectivity index (χ0n) is 10.5. The third kappa shape index (κ3) is 2.41. The first-order valence-electron chi connectivity index (χ1n) is 5.39. The van der Waals surface area contributed by atoms with E-state index in [1.165, 1.54) is 0 Å². The van der Waals surface area contributed by atoms with E-state index in [0.29, 0.717) is 5.56 Å². The molecule has 1 aromatic carbocycles. The van der Waals surface area contributed by atoms with Gasteiger partial charge in [-0.2, -0.15) is 0 Å². The minimum atomic E-state index is -0.213. The van der Waals surface area contributed by atoms with Crippen molar-refractivity contribution in [1.82, 2.24) is 0 Å². The Morgan fingerprint density at radius 2 is 1.88 bits per heavy atom. The second-order valence-corrected chi connectivity index (χ2v) is 5.16. The van der Waals surface area contributed by atoms with Crippen molar-refractivity contribution in [3.63, 3.8) is 0 Å². The standard InChI is InChI=1S/C15H19F/c1-7-11-8-12(15(4,5)6)9-13(16)14(11)10(2)3/h7-9H,1-2H2,3-6H3. The van der Waals surface area contributed by atoms with Gasteiger partial charge >= 0.3 is 0 Å². The molecule has 1 rings (SSSR count). The van der Waals surface area contributed by atoms with Gasteiger partial charge in [0.05, 0.1) is 0 Å². The molecule has 0 spiro atoms. The largest absolute Gasteiger partial charge is 0.206 e. The average Bonchev–Trinajstić information content (AvgIpc) is 2.14. The first-order chi connectivity index (χ1) is 7.27. The molecule has 0 aliphatic carbocycles. The SMILES string of the molecule is C=Cc1cc(C(C)(C)C)cc(F)c1C(=C)C. The predicted octanol–water partition coefficient (Wildman–Crippen LogP) is 4.80. The van der Waals surface area contributed by atoms with E-state index in [1.54, 1.807) is 12.1 Å². The van der Waals surface area contributed by atoms with E-state index in [1.807, 2.05) is 13.0 Å². The van der Waals surface area contributed by atoms with Crippen LogP contribution in [0, 0.1) is 5.82 Å². The number of hydrogen-bond acceptors (Lipinski definition) is 0. The van der Waals surface area contributed by atoms with Crippen LogP contribution >= 0.6 is 0 Å². The van der Waals surface area contributed by atoms with Gasteiger partial charge in [0.1, 0.15) is 5.82 Å². The minimum absolute atomic E-state index is 0.0633. The number of benzene rings is 1. The highest BCUT2D eigenvalue weighted by molar-refractivity contribution is 5.72. The molecule has 86 valence electrons. The highest BCUT2D eigenvalue weighted by Crippen LogP contribution is 2.29. The molecule has 0 saturated carbocycles. The first-order valence-corrected chi connectivity index (χ1v) is 5.39. The third-order valence-corrected chi connectivity index (χ3v) is 2.63. The lowest BCUT2D eigenvalue weighted by Gasteiger charge is -2.21. The summed E-state index contributed by atoms with van der Waals surface area (Å²) < 4.78 is 14.0. The fourth-order valence-electron chi connectivity index (χ4n) is 1.67. The molecular formula is C15H19F. The van der Waals surface area contributed by atoms with Gasteiger partial charge in [0.15, 0.2) is 0 Å². The zero-order chi connectivity index (χ0) is 12.5. The lowest BCUT2D eigenvalue weighted by atomic mass is 9.84. The lowest BCUT2D eigenvalue weighted by Crippen LogP contribution is -2.12. The van der Waals surface area contributed by atoms with Gasteiger partial charge in [0.25, 0.3) is 0 Å². The molecule has 0 aliphatic rings.